The largest absolute Gasteiger partial charge is 0.343 e. The predicted octanol–water partition coefficient (Wildman–Crippen LogP) is 9.67. The molecule has 4 aromatic carbocycles. The Hall–Kier alpha value is -4.04. The first-order valence-electron chi connectivity index (χ1n) is 14.7. The van der Waals surface area contributed by atoms with Gasteiger partial charge in [-0.15, -0.1) is 0 Å². The highest BCUT2D eigenvalue weighted by atomic mass is 15.0. The standard InChI is InChI=1S/C38H36N2/c1-38(2,3)23-18-19-28-31(22-23)26(35-30-15-9-11-17-33(30)40(5)37(28)35)21-20-25-24-12-6-7-13-27(24)36-34(25)29-14-8-10-16-32(29)39(36)4/h6-19,22,25-26H,20-21H2,1-5H3. The lowest BCUT2D eigenvalue weighted by atomic mass is 9.81. The fourth-order valence-corrected chi connectivity index (χ4v) is 8.00. The zero-order valence-corrected chi connectivity index (χ0v) is 24.1. The molecular weight excluding hydrogens is 484 g/mol. The van der Waals surface area contributed by atoms with Crippen molar-refractivity contribution in [2.75, 3.05) is 0 Å². The average molecular weight is 521 g/mol. The minimum atomic E-state index is 0.124. The molecule has 0 amide bonds. The van der Waals surface area contributed by atoms with E-state index in [9.17, 15) is 0 Å². The van der Waals surface area contributed by atoms with E-state index in [1.807, 2.05) is 0 Å². The minimum absolute atomic E-state index is 0.124. The highest BCUT2D eigenvalue weighted by Gasteiger charge is 2.38. The van der Waals surface area contributed by atoms with Crippen LogP contribution < -0.4 is 0 Å². The molecule has 2 atom stereocenters. The van der Waals surface area contributed by atoms with Crippen LogP contribution >= 0.6 is 0 Å². The number of rotatable bonds is 3. The molecule has 40 heavy (non-hydrogen) atoms. The quantitative estimate of drug-likeness (QED) is 0.220. The SMILES string of the molecule is Cn1c2c(c3ccccc31)C(CCC1c3cc(C(C)(C)C)ccc3-c3c1c1ccccc1n3C)c1ccccc1-2. The number of hydrogen-bond donors (Lipinski definition) is 0. The van der Waals surface area contributed by atoms with Crippen LogP contribution in [0.1, 0.15) is 73.3 Å². The molecule has 2 heterocycles. The van der Waals surface area contributed by atoms with Crippen molar-refractivity contribution in [1.82, 2.24) is 9.13 Å². The number of hydrogen-bond acceptors (Lipinski definition) is 0. The lowest BCUT2D eigenvalue weighted by molar-refractivity contribution is 0.586. The third-order valence-corrected chi connectivity index (χ3v) is 9.87. The van der Waals surface area contributed by atoms with Gasteiger partial charge in [-0.25, -0.2) is 0 Å². The van der Waals surface area contributed by atoms with Crippen molar-refractivity contribution in [3.05, 3.63) is 119 Å². The molecule has 2 heteroatoms. The van der Waals surface area contributed by atoms with E-state index in [1.54, 1.807) is 0 Å². The summed E-state index contributed by atoms with van der Waals surface area (Å²) in [6.07, 6.45) is 2.26. The molecule has 2 aromatic heterocycles. The zero-order chi connectivity index (χ0) is 27.3. The molecule has 0 spiro atoms. The van der Waals surface area contributed by atoms with Crippen molar-refractivity contribution in [1.29, 1.82) is 0 Å². The summed E-state index contributed by atoms with van der Waals surface area (Å²) < 4.78 is 4.86. The molecule has 8 rings (SSSR count). The molecule has 2 aliphatic rings. The van der Waals surface area contributed by atoms with E-state index in [2.05, 4.69) is 135 Å². The van der Waals surface area contributed by atoms with Crippen molar-refractivity contribution in [2.24, 2.45) is 14.1 Å². The van der Waals surface area contributed by atoms with Crippen LogP contribution in [0.5, 0.6) is 0 Å². The van der Waals surface area contributed by atoms with Crippen LogP contribution in [0.15, 0.2) is 91.0 Å². The Morgan fingerprint density at radius 3 is 1.68 bits per heavy atom. The summed E-state index contributed by atoms with van der Waals surface area (Å²) in [6.45, 7) is 7.00. The molecule has 2 nitrogen and oxygen atoms in total. The van der Waals surface area contributed by atoms with Crippen molar-refractivity contribution in [3.63, 3.8) is 0 Å². The molecule has 0 saturated carbocycles. The van der Waals surface area contributed by atoms with Crippen molar-refractivity contribution in [2.45, 2.75) is 50.9 Å². The van der Waals surface area contributed by atoms with Gasteiger partial charge in [0.25, 0.3) is 0 Å². The number of aromatic nitrogens is 2. The second-order valence-corrected chi connectivity index (χ2v) is 13.0. The number of aryl methyl sites for hydroxylation is 2. The molecule has 0 bridgehead atoms. The second-order valence-electron chi connectivity index (χ2n) is 13.0. The first kappa shape index (κ1) is 23.8. The van der Waals surface area contributed by atoms with Crippen molar-refractivity contribution < 1.29 is 0 Å². The highest BCUT2D eigenvalue weighted by molar-refractivity contribution is 5.98. The monoisotopic (exact) mass is 520 g/mol. The van der Waals surface area contributed by atoms with Crippen LogP contribution in [0.3, 0.4) is 0 Å². The Balaban J connectivity index is 1.29. The fourth-order valence-electron chi connectivity index (χ4n) is 8.00. The second kappa shape index (κ2) is 8.24. The summed E-state index contributed by atoms with van der Waals surface area (Å²) in [4.78, 5) is 0. The van der Waals surface area contributed by atoms with Gasteiger partial charge in [-0.1, -0.05) is 99.6 Å². The van der Waals surface area contributed by atoms with Gasteiger partial charge in [0, 0.05) is 58.9 Å². The molecule has 0 radical (unpaired) electrons. The molecule has 0 aliphatic heterocycles. The number of fused-ring (bicyclic) bond motifs is 10. The van der Waals surface area contributed by atoms with Gasteiger partial charge in [0.2, 0.25) is 0 Å². The van der Waals surface area contributed by atoms with E-state index >= 15 is 0 Å². The van der Waals surface area contributed by atoms with Crippen LogP contribution in [0.4, 0.5) is 0 Å². The molecule has 2 aliphatic carbocycles. The maximum Gasteiger partial charge on any atom is 0.0530 e. The molecule has 198 valence electrons. The smallest absolute Gasteiger partial charge is 0.0530 e. The first-order chi connectivity index (χ1) is 19.3. The Labute approximate surface area is 236 Å². The van der Waals surface area contributed by atoms with E-state index in [0.717, 1.165) is 12.8 Å². The van der Waals surface area contributed by atoms with E-state index in [4.69, 9.17) is 0 Å². The van der Waals surface area contributed by atoms with Crippen LogP contribution in [0.2, 0.25) is 0 Å². The van der Waals surface area contributed by atoms with Crippen LogP contribution in [0.25, 0.3) is 44.3 Å². The Kier molecular flexibility index (Phi) is 4.90. The number of para-hydroxylation sites is 2. The van der Waals surface area contributed by atoms with E-state index in [-0.39, 0.29) is 5.41 Å². The van der Waals surface area contributed by atoms with Gasteiger partial charge < -0.3 is 9.13 Å². The van der Waals surface area contributed by atoms with Gasteiger partial charge in [0.15, 0.2) is 0 Å². The van der Waals surface area contributed by atoms with E-state index < -0.39 is 0 Å². The minimum Gasteiger partial charge on any atom is -0.343 e. The Morgan fingerprint density at radius 2 is 1.07 bits per heavy atom. The van der Waals surface area contributed by atoms with Crippen LogP contribution in [0, 0.1) is 0 Å². The maximum absolute atomic E-state index is 2.53. The van der Waals surface area contributed by atoms with Gasteiger partial charge in [0.1, 0.15) is 0 Å². The van der Waals surface area contributed by atoms with Crippen molar-refractivity contribution in [3.8, 4) is 22.5 Å². The van der Waals surface area contributed by atoms with Gasteiger partial charge >= 0.3 is 0 Å². The molecule has 6 aromatic rings. The van der Waals surface area contributed by atoms with Crippen LogP contribution in [-0.4, -0.2) is 9.13 Å². The maximum atomic E-state index is 2.53. The van der Waals surface area contributed by atoms with Crippen molar-refractivity contribution >= 4 is 21.8 Å². The number of nitrogens with zero attached hydrogens (tertiary/aromatic N) is 2. The third kappa shape index (κ3) is 3.11. The number of benzene rings is 4. The molecule has 2 unspecified atom stereocenters. The summed E-state index contributed by atoms with van der Waals surface area (Å²) in [5.74, 6) is 0.801. The lowest BCUT2D eigenvalue weighted by Crippen LogP contribution is -2.12. The summed E-state index contributed by atoms with van der Waals surface area (Å²) >= 11 is 0. The zero-order valence-electron chi connectivity index (χ0n) is 24.1. The topological polar surface area (TPSA) is 9.86 Å². The van der Waals surface area contributed by atoms with Gasteiger partial charge in [-0.3, -0.25) is 0 Å². The molecule has 0 fully saturated rings. The highest BCUT2D eigenvalue weighted by Crippen LogP contribution is 2.55. The van der Waals surface area contributed by atoms with Gasteiger partial charge in [-0.05, 0) is 58.2 Å². The predicted molar refractivity (Wildman–Crippen MR) is 168 cm³/mol. The molecule has 0 N–H and O–H groups in total. The van der Waals surface area contributed by atoms with Gasteiger partial charge in [0.05, 0.1) is 11.4 Å². The Morgan fingerprint density at radius 1 is 0.575 bits per heavy atom. The normalized spacial score (nSPS) is 17.3. The summed E-state index contributed by atoms with van der Waals surface area (Å²) in [5, 5.41) is 2.82. The Bertz CT molecular complexity index is 1970. The average Bonchev–Trinajstić information content (AvgIpc) is 3.64. The lowest BCUT2D eigenvalue weighted by Gasteiger charge is -2.23. The summed E-state index contributed by atoms with van der Waals surface area (Å²) in [6, 6.07) is 34.4. The van der Waals surface area contributed by atoms with Gasteiger partial charge in [-0.2, -0.15) is 0 Å². The van der Waals surface area contributed by atoms with E-state index in [1.165, 1.54) is 72.1 Å². The molecule has 0 saturated heterocycles. The third-order valence-electron chi connectivity index (χ3n) is 9.87. The summed E-state index contributed by atoms with van der Waals surface area (Å²) in [5.41, 5.74) is 16.0. The van der Waals surface area contributed by atoms with Crippen LogP contribution in [-0.2, 0) is 19.5 Å². The molecular formula is C38H36N2. The summed E-state index contributed by atoms with van der Waals surface area (Å²) in [7, 11) is 4.49. The first-order valence-corrected chi connectivity index (χ1v) is 14.7. The fraction of sp³-hybridized carbons (Fsp3) is 0.263. The van der Waals surface area contributed by atoms with E-state index in [0.29, 0.717) is 11.8 Å².